The van der Waals surface area contributed by atoms with E-state index in [1.54, 1.807) is 4.90 Å². The molecule has 0 radical (unpaired) electrons. The predicted molar refractivity (Wildman–Crippen MR) is 99.2 cm³/mol. The maximum absolute atomic E-state index is 12.7. The zero-order chi connectivity index (χ0) is 17.8. The lowest BCUT2D eigenvalue weighted by Crippen LogP contribution is -2.50. The van der Waals surface area contributed by atoms with Crippen LogP contribution in [0.3, 0.4) is 0 Å². The van der Waals surface area contributed by atoms with Crippen molar-refractivity contribution in [1.29, 1.82) is 0 Å². The molecular weight excluding hydrogens is 314 g/mol. The molecular formula is C20H27N3O2. The highest BCUT2D eigenvalue weighted by Gasteiger charge is 2.34. The van der Waals surface area contributed by atoms with E-state index in [4.69, 9.17) is 0 Å². The number of hydrogen-bond donors (Lipinski definition) is 1. The third-order valence-electron chi connectivity index (χ3n) is 4.91. The van der Waals surface area contributed by atoms with Gasteiger partial charge in [0.2, 0.25) is 11.8 Å². The van der Waals surface area contributed by atoms with Gasteiger partial charge in [-0.05, 0) is 30.0 Å². The number of anilines is 1. The number of hydrogen-bond acceptors (Lipinski definition) is 3. The second-order valence-electron chi connectivity index (χ2n) is 7.14. The average molecular weight is 341 g/mol. The molecule has 5 nitrogen and oxygen atoms in total. The van der Waals surface area contributed by atoms with Crippen molar-refractivity contribution in [3.05, 3.63) is 42.0 Å². The van der Waals surface area contributed by atoms with E-state index in [2.05, 4.69) is 34.5 Å². The van der Waals surface area contributed by atoms with Crippen molar-refractivity contribution in [2.75, 3.05) is 24.5 Å². The number of likely N-dealkylation sites (tertiary alicyclic amines) is 1. The summed E-state index contributed by atoms with van der Waals surface area (Å²) in [7, 11) is 0. The summed E-state index contributed by atoms with van der Waals surface area (Å²) < 4.78 is 0. The number of nitrogens with zero attached hydrogens (tertiary/aromatic N) is 2. The van der Waals surface area contributed by atoms with Gasteiger partial charge in [0.05, 0.1) is 0 Å². The van der Waals surface area contributed by atoms with Crippen molar-refractivity contribution >= 4 is 17.5 Å². The summed E-state index contributed by atoms with van der Waals surface area (Å²) in [5.74, 6) is 0.139. The summed E-state index contributed by atoms with van der Waals surface area (Å²) in [5.41, 5.74) is 2.25. The summed E-state index contributed by atoms with van der Waals surface area (Å²) in [4.78, 5) is 28.8. The molecule has 1 atom stereocenters. The van der Waals surface area contributed by atoms with E-state index in [0.717, 1.165) is 25.1 Å². The number of benzene rings is 1. The Morgan fingerprint density at radius 3 is 2.64 bits per heavy atom. The normalized spacial score (nSPS) is 18.3. The first kappa shape index (κ1) is 17.5. The maximum atomic E-state index is 12.7. The SMILES string of the molecule is CC(C)C(C(=O)NCc1cccc(N2CC=CC2)c1)N1CCCC1=O. The van der Waals surface area contributed by atoms with Crippen molar-refractivity contribution in [3.63, 3.8) is 0 Å². The lowest BCUT2D eigenvalue weighted by molar-refractivity contribution is -0.139. The molecule has 0 saturated carbocycles. The minimum atomic E-state index is -0.374. The first-order chi connectivity index (χ1) is 12.1. The van der Waals surface area contributed by atoms with Gasteiger partial charge < -0.3 is 15.1 Å². The second-order valence-corrected chi connectivity index (χ2v) is 7.14. The fourth-order valence-corrected chi connectivity index (χ4v) is 3.61. The first-order valence-corrected chi connectivity index (χ1v) is 9.12. The largest absolute Gasteiger partial charge is 0.364 e. The topological polar surface area (TPSA) is 52.7 Å². The van der Waals surface area contributed by atoms with E-state index >= 15 is 0 Å². The minimum absolute atomic E-state index is 0.0570. The number of nitrogens with one attached hydrogen (secondary N) is 1. The molecule has 0 aliphatic carbocycles. The van der Waals surface area contributed by atoms with Gasteiger partial charge in [-0.1, -0.05) is 38.1 Å². The standard InChI is InChI=1S/C20H27N3O2/c1-15(2)19(23-12-6-9-18(23)24)20(25)21-14-16-7-5-8-17(13-16)22-10-3-4-11-22/h3-5,7-8,13,15,19H,6,9-12,14H2,1-2H3,(H,21,25). The summed E-state index contributed by atoms with van der Waals surface area (Å²) in [5, 5.41) is 3.03. The Labute approximate surface area is 149 Å². The molecule has 134 valence electrons. The van der Waals surface area contributed by atoms with Crippen LogP contribution in [0.25, 0.3) is 0 Å². The van der Waals surface area contributed by atoms with Crippen molar-refractivity contribution in [2.45, 2.75) is 39.3 Å². The zero-order valence-corrected chi connectivity index (χ0v) is 15.1. The van der Waals surface area contributed by atoms with E-state index in [0.29, 0.717) is 19.5 Å². The van der Waals surface area contributed by atoms with Crippen LogP contribution in [0.1, 0.15) is 32.3 Å². The Hall–Kier alpha value is -2.30. The van der Waals surface area contributed by atoms with Gasteiger partial charge in [0.15, 0.2) is 0 Å². The van der Waals surface area contributed by atoms with Crippen molar-refractivity contribution < 1.29 is 9.59 Å². The third kappa shape index (κ3) is 4.03. The summed E-state index contributed by atoms with van der Waals surface area (Å²) in [6, 6.07) is 7.90. The van der Waals surface area contributed by atoms with Gasteiger partial charge in [-0.15, -0.1) is 0 Å². The fourth-order valence-electron chi connectivity index (χ4n) is 3.61. The molecule has 25 heavy (non-hydrogen) atoms. The van der Waals surface area contributed by atoms with Crippen molar-refractivity contribution in [3.8, 4) is 0 Å². The number of rotatable bonds is 6. The summed E-state index contributed by atoms with van der Waals surface area (Å²) in [6.45, 7) is 7.03. The average Bonchev–Trinajstić information content (AvgIpc) is 3.26. The number of carbonyl (C=O) groups excluding carboxylic acids is 2. The molecule has 1 aromatic rings. The smallest absolute Gasteiger partial charge is 0.243 e. The molecule has 0 spiro atoms. The molecule has 1 saturated heterocycles. The molecule has 1 fully saturated rings. The Morgan fingerprint density at radius 2 is 2.00 bits per heavy atom. The summed E-state index contributed by atoms with van der Waals surface area (Å²) in [6.07, 6.45) is 5.73. The third-order valence-corrected chi connectivity index (χ3v) is 4.91. The Bertz CT molecular complexity index is 661. The van der Waals surface area contributed by atoms with Gasteiger partial charge in [0, 0.05) is 38.3 Å². The van der Waals surface area contributed by atoms with Crippen LogP contribution in [-0.2, 0) is 16.1 Å². The highest BCUT2D eigenvalue weighted by atomic mass is 16.2. The van der Waals surface area contributed by atoms with Crippen LogP contribution in [0.15, 0.2) is 36.4 Å². The second kappa shape index (κ2) is 7.72. The molecule has 2 amide bonds. The molecule has 2 aliphatic rings. The van der Waals surface area contributed by atoms with Crippen LogP contribution in [0.5, 0.6) is 0 Å². The first-order valence-electron chi connectivity index (χ1n) is 9.12. The number of amides is 2. The van der Waals surface area contributed by atoms with Crippen LogP contribution in [0.4, 0.5) is 5.69 Å². The van der Waals surface area contributed by atoms with Crippen LogP contribution in [0, 0.1) is 5.92 Å². The Morgan fingerprint density at radius 1 is 1.24 bits per heavy atom. The molecule has 0 bridgehead atoms. The Kier molecular flexibility index (Phi) is 5.41. The van der Waals surface area contributed by atoms with Crippen LogP contribution >= 0.6 is 0 Å². The van der Waals surface area contributed by atoms with Gasteiger partial charge in [-0.25, -0.2) is 0 Å². The van der Waals surface area contributed by atoms with Gasteiger partial charge >= 0.3 is 0 Å². The van der Waals surface area contributed by atoms with Crippen molar-refractivity contribution in [2.24, 2.45) is 5.92 Å². The summed E-state index contributed by atoms with van der Waals surface area (Å²) >= 11 is 0. The molecule has 1 N–H and O–H groups in total. The monoisotopic (exact) mass is 341 g/mol. The molecule has 3 rings (SSSR count). The molecule has 5 heteroatoms. The maximum Gasteiger partial charge on any atom is 0.243 e. The van der Waals surface area contributed by atoms with E-state index in [1.807, 2.05) is 26.0 Å². The van der Waals surface area contributed by atoms with Crippen LogP contribution in [0.2, 0.25) is 0 Å². The fraction of sp³-hybridized carbons (Fsp3) is 0.500. The number of carbonyl (C=O) groups is 2. The Balaban J connectivity index is 1.62. The van der Waals surface area contributed by atoms with E-state index in [1.165, 1.54) is 5.69 Å². The highest BCUT2D eigenvalue weighted by molar-refractivity contribution is 5.88. The lowest BCUT2D eigenvalue weighted by Gasteiger charge is -2.30. The van der Waals surface area contributed by atoms with Gasteiger partial charge in [-0.3, -0.25) is 9.59 Å². The van der Waals surface area contributed by atoms with Crippen molar-refractivity contribution in [1.82, 2.24) is 10.2 Å². The van der Waals surface area contributed by atoms with Crippen LogP contribution in [-0.4, -0.2) is 42.4 Å². The van der Waals surface area contributed by atoms with Crippen LogP contribution < -0.4 is 10.2 Å². The quantitative estimate of drug-likeness (QED) is 0.808. The van der Waals surface area contributed by atoms with Gasteiger partial charge in [0.1, 0.15) is 6.04 Å². The van der Waals surface area contributed by atoms with Gasteiger partial charge in [0.25, 0.3) is 0 Å². The molecule has 0 aromatic heterocycles. The van der Waals surface area contributed by atoms with E-state index < -0.39 is 0 Å². The zero-order valence-electron chi connectivity index (χ0n) is 15.1. The molecule has 2 aliphatic heterocycles. The molecule has 2 heterocycles. The minimum Gasteiger partial charge on any atom is -0.364 e. The molecule has 1 unspecified atom stereocenters. The van der Waals surface area contributed by atoms with E-state index in [9.17, 15) is 9.59 Å². The van der Waals surface area contributed by atoms with E-state index in [-0.39, 0.29) is 23.8 Å². The predicted octanol–water partition coefficient (Wildman–Crippen LogP) is 2.33. The lowest BCUT2D eigenvalue weighted by atomic mass is 10.0. The highest BCUT2D eigenvalue weighted by Crippen LogP contribution is 2.21. The molecule has 1 aromatic carbocycles. The van der Waals surface area contributed by atoms with Gasteiger partial charge in [-0.2, -0.15) is 0 Å².